The first-order valence-corrected chi connectivity index (χ1v) is 7.71. The van der Waals surface area contributed by atoms with Gasteiger partial charge >= 0.3 is 0 Å². The van der Waals surface area contributed by atoms with Crippen LogP contribution in [0.25, 0.3) is 0 Å². The number of aliphatic hydroxyl groups excluding tert-OH is 1. The van der Waals surface area contributed by atoms with Crippen molar-refractivity contribution in [3.8, 4) is 11.8 Å². The normalized spacial score (nSPS) is 17.2. The van der Waals surface area contributed by atoms with Crippen molar-refractivity contribution in [1.82, 2.24) is 4.90 Å². The van der Waals surface area contributed by atoms with Gasteiger partial charge in [-0.2, -0.15) is 0 Å². The highest BCUT2D eigenvalue weighted by atomic mass is 32.1. The Labute approximate surface area is 119 Å². The van der Waals surface area contributed by atoms with Gasteiger partial charge < -0.3 is 9.84 Å². The molecule has 3 nitrogen and oxygen atoms in total. The van der Waals surface area contributed by atoms with Crippen molar-refractivity contribution in [2.24, 2.45) is 0 Å². The van der Waals surface area contributed by atoms with Crippen molar-refractivity contribution in [2.75, 3.05) is 26.3 Å². The lowest BCUT2D eigenvalue weighted by atomic mass is 10.1. The van der Waals surface area contributed by atoms with E-state index in [0.29, 0.717) is 6.10 Å². The van der Waals surface area contributed by atoms with E-state index in [0.717, 1.165) is 44.6 Å². The molecule has 1 aromatic rings. The van der Waals surface area contributed by atoms with E-state index in [9.17, 15) is 0 Å². The number of nitrogens with zero attached hydrogens (tertiary/aromatic N) is 1. The van der Waals surface area contributed by atoms with Gasteiger partial charge in [0.05, 0.1) is 6.10 Å². The smallest absolute Gasteiger partial charge is 0.104 e. The number of hydrogen-bond donors (Lipinski definition) is 1. The largest absolute Gasteiger partial charge is 0.384 e. The van der Waals surface area contributed by atoms with Crippen molar-refractivity contribution in [3.05, 3.63) is 21.9 Å². The van der Waals surface area contributed by atoms with Gasteiger partial charge in [0.25, 0.3) is 0 Å². The first kappa shape index (κ1) is 14.5. The van der Waals surface area contributed by atoms with Gasteiger partial charge in [-0.05, 0) is 25.8 Å². The molecule has 0 aliphatic carbocycles. The molecule has 2 rings (SSSR count). The minimum Gasteiger partial charge on any atom is -0.384 e. The molecule has 0 amide bonds. The summed E-state index contributed by atoms with van der Waals surface area (Å²) in [5, 5.41) is 10.7. The second-order valence-corrected chi connectivity index (χ2v) is 5.69. The van der Waals surface area contributed by atoms with Crippen molar-refractivity contribution in [1.29, 1.82) is 0 Å². The van der Waals surface area contributed by atoms with Crippen molar-refractivity contribution in [3.63, 3.8) is 0 Å². The molecule has 1 N–H and O–H groups in total. The van der Waals surface area contributed by atoms with Gasteiger partial charge in [0.1, 0.15) is 6.61 Å². The summed E-state index contributed by atoms with van der Waals surface area (Å²) >= 11 is 1.75. The molecule has 0 atom stereocenters. The predicted molar refractivity (Wildman–Crippen MR) is 78.2 cm³/mol. The second-order valence-electron chi connectivity index (χ2n) is 4.69. The van der Waals surface area contributed by atoms with Crippen molar-refractivity contribution < 1.29 is 9.84 Å². The van der Waals surface area contributed by atoms with E-state index in [2.05, 4.69) is 35.1 Å². The molecule has 1 aliphatic rings. The number of ether oxygens (including phenoxy) is 1. The van der Waals surface area contributed by atoms with Crippen LogP contribution in [0.4, 0.5) is 0 Å². The van der Waals surface area contributed by atoms with E-state index in [1.165, 1.54) is 4.88 Å². The molecule has 0 radical (unpaired) electrons. The zero-order chi connectivity index (χ0) is 13.5. The van der Waals surface area contributed by atoms with Gasteiger partial charge in [-0.15, -0.1) is 11.3 Å². The van der Waals surface area contributed by atoms with E-state index < -0.39 is 0 Å². The Morgan fingerprint density at radius 1 is 1.47 bits per heavy atom. The Morgan fingerprint density at radius 3 is 2.95 bits per heavy atom. The Bertz CT molecular complexity index is 438. The van der Waals surface area contributed by atoms with Crippen LogP contribution in [0.3, 0.4) is 0 Å². The van der Waals surface area contributed by atoms with Gasteiger partial charge in [-0.3, -0.25) is 4.90 Å². The quantitative estimate of drug-likeness (QED) is 0.857. The Morgan fingerprint density at radius 2 is 2.26 bits per heavy atom. The van der Waals surface area contributed by atoms with E-state index in [1.54, 1.807) is 11.3 Å². The minimum atomic E-state index is -0.0733. The molecule has 0 aromatic carbocycles. The summed E-state index contributed by atoms with van der Waals surface area (Å²) < 4.78 is 5.66. The molecule has 19 heavy (non-hydrogen) atoms. The summed E-state index contributed by atoms with van der Waals surface area (Å²) in [5.41, 5.74) is 1.01. The van der Waals surface area contributed by atoms with E-state index in [4.69, 9.17) is 9.84 Å². The molecule has 1 aromatic heterocycles. The highest BCUT2D eigenvalue weighted by Gasteiger charge is 2.19. The van der Waals surface area contributed by atoms with Gasteiger partial charge in [0.2, 0.25) is 0 Å². The zero-order valence-corrected chi connectivity index (χ0v) is 12.2. The van der Waals surface area contributed by atoms with E-state index >= 15 is 0 Å². The molecule has 2 heterocycles. The van der Waals surface area contributed by atoms with Gasteiger partial charge in [0.15, 0.2) is 0 Å². The van der Waals surface area contributed by atoms with E-state index in [1.807, 2.05) is 0 Å². The lowest BCUT2D eigenvalue weighted by Crippen LogP contribution is -2.36. The number of piperidine rings is 1. The maximum Gasteiger partial charge on any atom is 0.104 e. The topological polar surface area (TPSA) is 32.7 Å². The van der Waals surface area contributed by atoms with Crippen LogP contribution >= 0.6 is 11.3 Å². The summed E-state index contributed by atoms with van der Waals surface area (Å²) in [5.74, 6) is 5.63. The van der Waals surface area contributed by atoms with Crippen molar-refractivity contribution >= 4 is 11.3 Å². The molecule has 0 saturated carbocycles. The fourth-order valence-corrected chi connectivity index (χ4v) is 3.22. The van der Waals surface area contributed by atoms with Crippen LogP contribution in [0.1, 0.15) is 30.2 Å². The average Bonchev–Trinajstić information content (AvgIpc) is 2.87. The summed E-state index contributed by atoms with van der Waals surface area (Å²) in [6, 6.07) is 2.13. The number of aliphatic hydroxyl groups is 1. The van der Waals surface area contributed by atoms with Crippen LogP contribution in [0.15, 0.2) is 11.4 Å². The number of thiophene rings is 1. The third-order valence-electron chi connectivity index (χ3n) is 3.28. The van der Waals surface area contributed by atoms with E-state index in [-0.39, 0.29) is 6.61 Å². The Balaban J connectivity index is 1.80. The molecule has 1 aliphatic heterocycles. The van der Waals surface area contributed by atoms with Crippen LogP contribution in [0.5, 0.6) is 0 Å². The van der Waals surface area contributed by atoms with Gasteiger partial charge in [-0.25, -0.2) is 0 Å². The van der Waals surface area contributed by atoms with Gasteiger partial charge in [-0.1, -0.05) is 11.8 Å². The summed E-state index contributed by atoms with van der Waals surface area (Å²) in [4.78, 5) is 3.82. The standard InChI is InChI=1S/C15H21NO2S/c1-2-18-14-5-7-16(8-6-14)11-15-10-13(12-19-15)4-3-9-17/h10,12,14,17H,2,5-9,11H2,1H3. The summed E-state index contributed by atoms with van der Waals surface area (Å²) in [6.45, 7) is 6.04. The highest BCUT2D eigenvalue weighted by Crippen LogP contribution is 2.20. The van der Waals surface area contributed by atoms with Crippen LogP contribution in [-0.2, 0) is 11.3 Å². The molecule has 0 spiro atoms. The first-order valence-electron chi connectivity index (χ1n) is 6.83. The maximum absolute atomic E-state index is 8.67. The Hall–Kier alpha value is -0.860. The number of hydrogen-bond acceptors (Lipinski definition) is 4. The lowest BCUT2D eigenvalue weighted by molar-refractivity contribution is 0.0127. The summed E-state index contributed by atoms with van der Waals surface area (Å²) in [7, 11) is 0. The fraction of sp³-hybridized carbons (Fsp3) is 0.600. The minimum absolute atomic E-state index is 0.0733. The average molecular weight is 279 g/mol. The zero-order valence-electron chi connectivity index (χ0n) is 11.4. The molecule has 1 fully saturated rings. The third kappa shape index (κ3) is 4.63. The molecular weight excluding hydrogens is 258 g/mol. The molecule has 0 unspecified atom stereocenters. The number of likely N-dealkylation sites (tertiary alicyclic amines) is 1. The summed E-state index contributed by atoms with van der Waals surface area (Å²) in [6.07, 6.45) is 2.72. The second kappa shape index (κ2) is 7.66. The fourth-order valence-electron chi connectivity index (χ4n) is 2.36. The van der Waals surface area contributed by atoms with Crippen LogP contribution in [-0.4, -0.2) is 42.4 Å². The van der Waals surface area contributed by atoms with Gasteiger partial charge in [0, 0.05) is 42.1 Å². The molecule has 4 heteroatoms. The van der Waals surface area contributed by atoms with Crippen LogP contribution < -0.4 is 0 Å². The maximum atomic E-state index is 8.67. The third-order valence-corrected chi connectivity index (χ3v) is 4.20. The predicted octanol–water partition coefficient (Wildman–Crippen LogP) is 2.09. The first-order chi connectivity index (χ1) is 9.31. The van der Waals surface area contributed by atoms with Crippen LogP contribution in [0, 0.1) is 11.8 Å². The highest BCUT2D eigenvalue weighted by molar-refractivity contribution is 7.10. The number of rotatable bonds is 4. The molecule has 104 valence electrons. The van der Waals surface area contributed by atoms with Crippen LogP contribution in [0.2, 0.25) is 0 Å². The Kier molecular flexibility index (Phi) is 5.87. The lowest BCUT2D eigenvalue weighted by Gasteiger charge is -2.31. The SMILES string of the molecule is CCOC1CCN(Cc2cc(C#CCO)cs2)CC1. The molecular formula is C15H21NO2S. The van der Waals surface area contributed by atoms with Crippen molar-refractivity contribution in [2.45, 2.75) is 32.4 Å². The molecule has 1 saturated heterocycles. The monoisotopic (exact) mass is 279 g/mol. The molecule has 0 bridgehead atoms.